The first-order chi connectivity index (χ1) is 10.3. The number of thiophene rings is 1. The Morgan fingerprint density at radius 1 is 1.19 bits per heavy atom. The van der Waals surface area contributed by atoms with Gasteiger partial charge >= 0.3 is 0 Å². The molecule has 0 amide bonds. The molecule has 0 aliphatic carbocycles. The molecule has 0 atom stereocenters. The van der Waals surface area contributed by atoms with Gasteiger partial charge in [-0.1, -0.05) is 11.6 Å². The van der Waals surface area contributed by atoms with E-state index >= 15 is 0 Å². The van der Waals surface area contributed by atoms with E-state index in [-0.39, 0.29) is 0 Å². The third kappa shape index (κ3) is 3.44. The number of halogens is 1. The first kappa shape index (κ1) is 14.5. The van der Waals surface area contributed by atoms with E-state index in [1.165, 1.54) is 30.6 Å². The van der Waals surface area contributed by atoms with Crippen LogP contribution >= 0.6 is 22.9 Å². The van der Waals surface area contributed by atoms with Gasteiger partial charge < -0.3 is 10.2 Å². The van der Waals surface area contributed by atoms with E-state index in [1.54, 1.807) is 0 Å². The number of piperidine rings is 1. The van der Waals surface area contributed by atoms with Crippen LogP contribution in [0.15, 0.2) is 12.1 Å². The average molecular weight is 324 g/mol. The standard InChI is InChI=1S/C14H18ClN5S/c1-2-16-13-17-12(10-6-7-11(15)21-10)18-14(19-13)20-8-4-3-5-9-20/h6-7H,2-5,8-9H2,1H3,(H,16,17,18,19). The molecule has 1 aliphatic rings. The van der Waals surface area contributed by atoms with Crippen LogP contribution in [0.3, 0.4) is 0 Å². The highest BCUT2D eigenvalue weighted by Crippen LogP contribution is 2.30. The second-order valence-electron chi connectivity index (χ2n) is 4.96. The Balaban J connectivity index is 1.96. The molecule has 7 heteroatoms. The third-order valence-electron chi connectivity index (χ3n) is 3.39. The van der Waals surface area contributed by atoms with Gasteiger partial charge in [0.1, 0.15) is 0 Å². The summed E-state index contributed by atoms with van der Waals surface area (Å²) in [5.74, 6) is 2.09. The monoisotopic (exact) mass is 323 g/mol. The lowest BCUT2D eigenvalue weighted by Crippen LogP contribution is -2.31. The zero-order chi connectivity index (χ0) is 14.7. The Kier molecular flexibility index (Phi) is 4.55. The van der Waals surface area contributed by atoms with Crippen LogP contribution in [0.1, 0.15) is 26.2 Å². The quantitative estimate of drug-likeness (QED) is 0.930. The summed E-state index contributed by atoms with van der Waals surface area (Å²) in [5, 5.41) is 3.19. The molecule has 5 nitrogen and oxygen atoms in total. The molecular formula is C14H18ClN5S. The Morgan fingerprint density at radius 2 is 2.00 bits per heavy atom. The van der Waals surface area contributed by atoms with E-state index < -0.39 is 0 Å². The average Bonchev–Trinajstić information content (AvgIpc) is 2.95. The number of aromatic nitrogens is 3. The fourth-order valence-corrected chi connectivity index (χ4v) is 3.36. The Labute approximate surface area is 133 Å². The molecule has 1 aliphatic heterocycles. The van der Waals surface area contributed by atoms with E-state index in [0.717, 1.165) is 34.8 Å². The van der Waals surface area contributed by atoms with Gasteiger partial charge in [0.05, 0.1) is 9.21 Å². The third-order valence-corrected chi connectivity index (χ3v) is 4.62. The molecule has 21 heavy (non-hydrogen) atoms. The van der Waals surface area contributed by atoms with E-state index in [0.29, 0.717) is 11.8 Å². The maximum atomic E-state index is 6.02. The second-order valence-corrected chi connectivity index (χ2v) is 6.68. The van der Waals surface area contributed by atoms with Crippen molar-refractivity contribution in [3.05, 3.63) is 16.5 Å². The molecule has 1 N–H and O–H groups in total. The van der Waals surface area contributed by atoms with E-state index in [2.05, 4.69) is 25.2 Å². The van der Waals surface area contributed by atoms with Gasteiger partial charge in [0.2, 0.25) is 11.9 Å². The van der Waals surface area contributed by atoms with Crippen LogP contribution in [0.5, 0.6) is 0 Å². The van der Waals surface area contributed by atoms with Gasteiger partial charge in [-0.2, -0.15) is 15.0 Å². The molecule has 0 aromatic carbocycles. The number of hydrogen-bond donors (Lipinski definition) is 1. The summed E-state index contributed by atoms with van der Waals surface area (Å²) in [4.78, 5) is 16.9. The minimum Gasteiger partial charge on any atom is -0.354 e. The lowest BCUT2D eigenvalue weighted by atomic mass is 10.1. The van der Waals surface area contributed by atoms with Crippen LogP contribution < -0.4 is 10.2 Å². The molecule has 0 radical (unpaired) electrons. The first-order valence-electron chi connectivity index (χ1n) is 7.27. The van der Waals surface area contributed by atoms with Crippen LogP contribution in [0.25, 0.3) is 10.7 Å². The molecule has 0 unspecified atom stereocenters. The highest BCUT2D eigenvalue weighted by atomic mass is 35.5. The zero-order valence-corrected chi connectivity index (χ0v) is 13.5. The minimum absolute atomic E-state index is 0.632. The van der Waals surface area contributed by atoms with Crippen LogP contribution in [0.4, 0.5) is 11.9 Å². The second kappa shape index (κ2) is 6.58. The van der Waals surface area contributed by atoms with Gasteiger partial charge in [-0.25, -0.2) is 0 Å². The summed E-state index contributed by atoms with van der Waals surface area (Å²) in [5.41, 5.74) is 0. The normalized spacial score (nSPS) is 15.2. The van der Waals surface area contributed by atoms with Crippen LogP contribution in [0.2, 0.25) is 4.34 Å². The van der Waals surface area contributed by atoms with Crippen molar-refractivity contribution in [1.29, 1.82) is 0 Å². The van der Waals surface area contributed by atoms with Gasteiger partial charge in [-0.15, -0.1) is 11.3 Å². The van der Waals surface area contributed by atoms with E-state index in [1.807, 2.05) is 19.1 Å². The van der Waals surface area contributed by atoms with E-state index in [9.17, 15) is 0 Å². The molecule has 1 fully saturated rings. The number of hydrogen-bond acceptors (Lipinski definition) is 6. The first-order valence-corrected chi connectivity index (χ1v) is 8.46. The van der Waals surface area contributed by atoms with Gasteiger partial charge in [0.25, 0.3) is 0 Å². The molecule has 3 rings (SSSR count). The molecular weight excluding hydrogens is 306 g/mol. The fourth-order valence-electron chi connectivity index (χ4n) is 2.38. The minimum atomic E-state index is 0.632. The van der Waals surface area contributed by atoms with Crippen molar-refractivity contribution < 1.29 is 0 Å². The molecule has 0 spiro atoms. The topological polar surface area (TPSA) is 53.9 Å². The number of nitrogens with one attached hydrogen (secondary N) is 1. The van der Waals surface area contributed by atoms with Crippen LogP contribution in [-0.2, 0) is 0 Å². The van der Waals surface area contributed by atoms with Gasteiger partial charge in [0.15, 0.2) is 5.82 Å². The van der Waals surface area contributed by atoms with Crippen molar-refractivity contribution in [3.63, 3.8) is 0 Å². The van der Waals surface area contributed by atoms with Crippen molar-refractivity contribution >= 4 is 34.8 Å². The Morgan fingerprint density at radius 3 is 2.67 bits per heavy atom. The van der Waals surface area contributed by atoms with Gasteiger partial charge in [-0.3, -0.25) is 0 Å². The number of rotatable bonds is 4. The zero-order valence-electron chi connectivity index (χ0n) is 12.0. The van der Waals surface area contributed by atoms with Crippen molar-refractivity contribution in [1.82, 2.24) is 15.0 Å². The summed E-state index contributed by atoms with van der Waals surface area (Å²) < 4.78 is 0.745. The molecule has 3 heterocycles. The number of anilines is 2. The summed E-state index contributed by atoms with van der Waals surface area (Å²) in [6, 6.07) is 3.83. The summed E-state index contributed by atoms with van der Waals surface area (Å²) >= 11 is 7.51. The molecule has 112 valence electrons. The van der Waals surface area contributed by atoms with Crippen LogP contribution in [-0.4, -0.2) is 34.6 Å². The predicted molar refractivity (Wildman–Crippen MR) is 88.4 cm³/mol. The van der Waals surface area contributed by atoms with E-state index in [4.69, 9.17) is 11.6 Å². The maximum absolute atomic E-state index is 6.02. The van der Waals surface area contributed by atoms with Crippen molar-refractivity contribution in [2.45, 2.75) is 26.2 Å². The molecule has 0 bridgehead atoms. The summed E-state index contributed by atoms with van der Waals surface area (Å²) in [6.45, 7) is 4.85. The highest BCUT2D eigenvalue weighted by Gasteiger charge is 2.17. The lowest BCUT2D eigenvalue weighted by molar-refractivity contribution is 0.568. The molecule has 1 saturated heterocycles. The Hall–Kier alpha value is -1.40. The van der Waals surface area contributed by atoms with Crippen LogP contribution in [0, 0.1) is 0 Å². The lowest BCUT2D eigenvalue weighted by Gasteiger charge is -2.26. The molecule has 2 aromatic heterocycles. The summed E-state index contributed by atoms with van der Waals surface area (Å²) in [7, 11) is 0. The number of nitrogens with zero attached hydrogens (tertiary/aromatic N) is 4. The maximum Gasteiger partial charge on any atom is 0.230 e. The fraction of sp³-hybridized carbons (Fsp3) is 0.500. The van der Waals surface area contributed by atoms with Gasteiger partial charge in [-0.05, 0) is 38.3 Å². The predicted octanol–water partition coefficient (Wildman–Crippen LogP) is 3.68. The largest absolute Gasteiger partial charge is 0.354 e. The summed E-state index contributed by atoms with van der Waals surface area (Å²) in [6.07, 6.45) is 3.68. The molecule has 2 aromatic rings. The SMILES string of the molecule is CCNc1nc(-c2ccc(Cl)s2)nc(N2CCCCC2)n1. The smallest absolute Gasteiger partial charge is 0.230 e. The van der Waals surface area contributed by atoms with Gasteiger partial charge in [0, 0.05) is 19.6 Å². The van der Waals surface area contributed by atoms with Crippen molar-refractivity contribution in [3.8, 4) is 10.7 Å². The van der Waals surface area contributed by atoms with Crippen molar-refractivity contribution in [2.24, 2.45) is 0 Å². The van der Waals surface area contributed by atoms with Crippen molar-refractivity contribution in [2.75, 3.05) is 29.9 Å². The molecule has 0 saturated carbocycles. The highest BCUT2D eigenvalue weighted by molar-refractivity contribution is 7.19. The Bertz CT molecular complexity index is 609.